The van der Waals surface area contributed by atoms with Crippen molar-refractivity contribution in [2.75, 3.05) is 26.4 Å². The third kappa shape index (κ3) is 11.6. The SMILES string of the molecule is CCOP(=O)(Cc1ccc(CC)cc1)OCC.CCO[P+](=O)OCC. The van der Waals surface area contributed by atoms with E-state index >= 15 is 0 Å². The first kappa shape index (κ1) is 24.4. The van der Waals surface area contributed by atoms with E-state index in [1.54, 1.807) is 13.8 Å². The van der Waals surface area contributed by atoms with E-state index in [9.17, 15) is 9.13 Å². The highest BCUT2D eigenvalue weighted by Gasteiger charge is 2.23. The van der Waals surface area contributed by atoms with E-state index in [4.69, 9.17) is 9.05 Å². The van der Waals surface area contributed by atoms with Gasteiger partial charge in [0.25, 0.3) is 0 Å². The van der Waals surface area contributed by atoms with E-state index in [1.807, 2.05) is 26.0 Å². The highest BCUT2D eigenvalue weighted by molar-refractivity contribution is 7.53. The van der Waals surface area contributed by atoms with Gasteiger partial charge in [-0.3, -0.25) is 4.57 Å². The molecule has 1 aromatic carbocycles. The van der Waals surface area contributed by atoms with E-state index in [-0.39, 0.29) is 0 Å². The molecule has 0 saturated carbocycles. The summed E-state index contributed by atoms with van der Waals surface area (Å²) in [6, 6.07) is 8.09. The monoisotopic (exact) mass is 393 g/mol. The summed E-state index contributed by atoms with van der Waals surface area (Å²) in [5.74, 6) is 0. The molecule has 1 aromatic rings. The van der Waals surface area contributed by atoms with Gasteiger partial charge in [0.15, 0.2) is 0 Å². The summed E-state index contributed by atoms with van der Waals surface area (Å²) in [5.41, 5.74) is 2.27. The molecule has 0 aliphatic carbocycles. The van der Waals surface area contributed by atoms with Crippen molar-refractivity contribution in [3.05, 3.63) is 35.4 Å². The lowest BCUT2D eigenvalue weighted by Crippen LogP contribution is -1.99. The van der Waals surface area contributed by atoms with Gasteiger partial charge in [-0.15, -0.1) is 9.05 Å². The first-order valence-corrected chi connectivity index (χ1v) is 11.5. The quantitative estimate of drug-likeness (QED) is 0.447. The van der Waals surface area contributed by atoms with Crippen molar-refractivity contribution in [2.24, 2.45) is 0 Å². The Morgan fingerprint density at radius 3 is 1.60 bits per heavy atom. The molecule has 0 fully saturated rings. The van der Waals surface area contributed by atoms with Crippen molar-refractivity contribution in [2.45, 2.75) is 47.2 Å². The average Bonchev–Trinajstić information content (AvgIpc) is 2.57. The second-order valence-electron chi connectivity index (χ2n) is 4.83. The van der Waals surface area contributed by atoms with Crippen molar-refractivity contribution < 1.29 is 27.2 Å². The molecule has 0 aromatic heterocycles. The van der Waals surface area contributed by atoms with E-state index in [0.717, 1.165) is 12.0 Å². The van der Waals surface area contributed by atoms with Gasteiger partial charge in [0.2, 0.25) is 0 Å². The maximum Gasteiger partial charge on any atom is 0.697 e. The normalized spacial score (nSPS) is 10.9. The largest absolute Gasteiger partial charge is 0.697 e. The molecule has 0 N–H and O–H groups in total. The maximum atomic E-state index is 12.3. The summed E-state index contributed by atoms with van der Waals surface area (Å²) < 4.78 is 42.3. The number of hydrogen-bond acceptors (Lipinski definition) is 6. The molecule has 0 amide bonds. The van der Waals surface area contributed by atoms with Crippen LogP contribution in [0.1, 0.15) is 45.7 Å². The lowest BCUT2D eigenvalue weighted by atomic mass is 10.1. The zero-order chi connectivity index (χ0) is 19.1. The molecule has 6 nitrogen and oxygen atoms in total. The molecule has 0 radical (unpaired) electrons. The van der Waals surface area contributed by atoms with Crippen LogP contribution in [0.3, 0.4) is 0 Å². The summed E-state index contributed by atoms with van der Waals surface area (Å²) in [5, 5.41) is 0. The van der Waals surface area contributed by atoms with Crippen LogP contribution >= 0.6 is 15.9 Å². The van der Waals surface area contributed by atoms with Gasteiger partial charge in [0.05, 0.1) is 19.4 Å². The van der Waals surface area contributed by atoms with Crippen LogP contribution in [0.2, 0.25) is 0 Å². The molecule has 0 heterocycles. The fourth-order valence-electron chi connectivity index (χ4n) is 1.87. The van der Waals surface area contributed by atoms with Crippen molar-refractivity contribution in [3.63, 3.8) is 0 Å². The molecule has 0 unspecified atom stereocenters. The zero-order valence-electron chi connectivity index (χ0n) is 15.9. The van der Waals surface area contributed by atoms with Gasteiger partial charge in [-0.05, 0) is 45.2 Å². The Morgan fingerprint density at radius 2 is 1.24 bits per heavy atom. The lowest BCUT2D eigenvalue weighted by Gasteiger charge is -2.17. The Balaban J connectivity index is 0.000000609. The smallest absolute Gasteiger partial charge is 0.309 e. The summed E-state index contributed by atoms with van der Waals surface area (Å²) in [6.07, 6.45) is 1.35. The van der Waals surface area contributed by atoms with Gasteiger partial charge in [-0.1, -0.05) is 31.2 Å². The molecule has 0 aliphatic rings. The first-order chi connectivity index (χ1) is 11.9. The van der Waals surface area contributed by atoms with E-state index < -0.39 is 15.9 Å². The number of benzene rings is 1. The van der Waals surface area contributed by atoms with Crippen LogP contribution in [0, 0.1) is 0 Å². The van der Waals surface area contributed by atoms with Crippen LogP contribution in [0.25, 0.3) is 0 Å². The van der Waals surface area contributed by atoms with E-state index in [1.165, 1.54) is 5.56 Å². The van der Waals surface area contributed by atoms with Gasteiger partial charge in [0, 0.05) is 4.57 Å². The van der Waals surface area contributed by atoms with E-state index in [0.29, 0.717) is 32.6 Å². The van der Waals surface area contributed by atoms with Gasteiger partial charge >= 0.3 is 15.9 Å². The van der Waals surface area contributed by atoms with Crippen LogP contribution in [0.4, 0.5) is 0 Å². The van der Waals surface area contributed by atoms with Crippen molar-refractivity contribution in [1.82, 2.24) is 0 Å². The third-order valence-corrected chi connectivity index (χ3v) is 5.92. The fraction of sp³-hybridized carbons (Fsp3) is 0.647. The summed E-state index contributed by atoms with van der Waals surface area (Å²) in [7, 11) is -4.80. The molecule has 1 rings (SSSR count). The van der Waals surface area contributed by atoms with Crippen LogP contribution < -0.4 is 0 Å². The van der Waals surface area contributed by atoms with Crippen LogP contribution in [0.5, 0.6) is 0 Å². The second-order valence-corrected chi connectivity index (χ2v) is 7.85. The molecule has 8 heteroatoms. The molecule has 25 heavy (non-hydrogen) atoms. The zero-order valence-corrected chi connectivity index (χ0v) is 17.7. The Bertz CT molecular complexity index is 500. The molecular formula is C17H31O6P2+. The topological polar surface area (TPSA) is 71.1 Å². The molecule has 0 bridgehead atoms. The Hall–Kier alpha value is -0.610. The lowest BCUT2D eigenvalue weighted by molar-refractivity contribution is 0.219. The van der Waals surface area contributed by atoms with Gasteiger partial charge in [0.1, 0.15) is 13.2 Å². The minimum absolute atomic E-state index is 0.346. The standard InChI is InChI=1S/C13H21O3P.C4H10O3P/c1-4-12-7-9-13(10-8-12)11-17(14,15-5-2)16-6-3;1-3-6-8(5)7-4-2/h7-10H,4-6,11H2,1-3H3;3-4H2,1-2H3/q;+1. The van der Waals surface area contributed by atoms with Crippen LogP contribution in [0.15, 0.2) is 24.3 Å². The highest BCUT2D eigenvalue weighted by Crippen LogP contribution is 2.51. The molecule has 0 aliphatic heterocycles. The minimum atomic E-state index is -2.96. The molecule has 0 spiro atoms. The molecule has 144 valence electrons. The number of aryl methyl sites for hydroxylation is 1. The van der Waals surface area contributed by atoms with E-state index in [2.05, 4.69) is 28.1 Å². The Labute approximate surface area is 152 Å². The predicted octanol–water partition coefficient (Wildman–Crippen LogP) is 5.73. The summed E-state index contributed by atoms with van der Waals surface area (Å²) >= 11 is 0. The molecule has 0 atom stereocenters. The Kier molecular flexibility index (Phi) is 14.2. The maximum absolute atomic E-state index is 12.3. The van der Waals surface area contributed by atoms with Gasteiger partial charge < -0.3 is 9.05 Å². The summed E-state index contributed by atoms with van der Waals surface area (Å²) in [6.45, 7) is 11.0. The number of hydrogen-bond donors (Lipinski definition) is 0. The van der Waals surface area contributed by atoms with Gasteiger partial charge in [-0.2, -0.15) is 0 Å². The van der Waals surface area contributed by atoms with Crippen molar-refractivity contribution in [1.29, 1.82) is 0 Å². The van der Waals surface area contributed by atoms with Crippen LogP contribution in [-0.2, 0) is 39.8 Å². The second kappa shape index (κ2) is 14.5. The summed E-state index contributed by atoms with van der Waals surface area (Å²) in [4.78, 5) is 0. The minimum Gasteiger partial charge on any atom is -0.309 e. The van der Waals surface area contributed by atoms with Crippen molar-refractivity contribution >= 4 is 15.9 Å². The Morgan fingerprint density at radius 1 is 0.800 bits per heavy atom. The predicted molar refractivity (Wildman–Crippen MR) is 101 cm³/mol. The average molecular weight is 393 g/mol. The van der Waals surface area contributed by atoms with Crippen LogP contribution in [-0.4, -0.2) is 26.4 Å². The van der Waals surface area contributed by atoms with Crippen molar-refractivity contribution in [3.8, 4) is 0 Å². The third-order valence-electron chi connectivity index (χ3n) is 2.93. The molecule has 0 saturated heterocycles. The number of rotatable bonds is 11. The fourth-order valence-corrected chi connectivity index (χ4v) is 4.07. The molecular weight excluding hydrogens is 362 g/mol. The highest BCUT2D eigenvalue weighted by atomic mass is 31.2. The van der Waals surface area contributed by atoms with Gasteiger partial charge in [-0.25, -0.2) is 0 Å². The first-order valence-electron chi connectivity index (χ1n) is 8.63.